The highest BCUT2D eigenvalue weighted by molar-refractivity contribution is 8.10. The summed E-state index contributed by atoms with van der Waals surface area (Å²) in [7, 11) is 1.37. The van der Waals surface area contributed by atoms with Gasteiger partial charge in [-0.1, -0.05) is 22.5 Å². The van der Waals surface area contributed by atoms with Crippen LogP contribution in [0, 0.1) is 13.8 Å². The monoisotopic (exact) mass is 280 g/mol. The predicted octanol–water partition coefficient (Wildman–Crippen LogP) is 3.67. The summed E-state index contributed by atoms with van der Waals surface area (Å²) in [5, 5.41) is 9.61. The molecule has 3 nitrogen and oxygen atoms in total. The molecule has 16 heavy (non-hydrogen) atoms. The molecular formula is C10H13Cl2NO2P+. The molecule has 1 rings (SSSR count). The highest BCUT2D eigenvalue weighted by atomic mass is 35.9. The lowest BCUT2D eigenvalue weighted by molar-refractivity contribution is -0.577. The van der Waals surface area contributed by atoms with Crippen molar-refractivity contribution in [2.24, 2.45) is 0 Å². The fourth-order valence-corrected chi connectivity index (χ4v) is 2.88. The molecule has 0 radical (unpaired) electrons. The summed E-state index contributed by atoms with van der Waals surface area (Å²) >= 11 is 11.7. The summed E-state index contributed by atoms with van der Waals surface area (Å²) in [6, 6.07) is 2.02. The van der Waals surface area contributed by atoms with Crippen molar-refractivity contribution in [1.82, 2.24) is 0 Å². The van der Waals surface area contributed by atoms with Gasteiger partial charge in [0.1, 0.15) is 0 Å². The minimum absolute atomic E-state index is 0.258. The number of aliphatic hydroxyl groups excluding tert-OH is 1. The molecular weight excluding hydrogens is 268 g/mol. The van der Waals surface area contributed by atoms with Gasteiger partial charge in [0.15, 0.2) is 19.0 Å². The Labute approximate surface area is 106 Å². The van der Waals surface area contributed by atoms with Crippen molar-refractivity contribution >= 4 is 34.5 Å². The molecule has 1 aromatic heterocycles. The first-order valence-corrected chi connectivity index (χ1v) is 7.69. The van der Waals surface area contributed by atoms with Gasteiger partial charge in [-0.3, -0.25) is 0 Å². The number of rotatable bonds is 3. The van der Waals surface area contributed by atoms with Gasteiger partial charge >= 0.3 is 11.4 Å². The molecule has 1 heterocycles. The minimum Gasteiger partial charge on any atom is -0.476 e. The first-order chi connectivity index (χ1) is 7.45. The molecule has 6 heteroatoms. The largest absolute Gasteiger partial charge is 0.476 e. The Morgan fingerprint density at radius 2 is 1.81 bits per heavy atom. The third kappa shape index (κ3) is 3.24. The third-order valence-electron chi connectivity index (χ3n) is 1.93. The van der Waals surface area contributed by atoms with E-state index in [9.17, 15) is 5.11 Å². The average molecular weight is 281 g/mol. The molecule has 0 saturated carbocycles. The number of hydrogen-bond acceptors (Lipinski definition) is 2. The zero-order chi connectivity index (χ0) is 12.3. The Kier molecular flexibility index (Phi) is 4.85. The van der Waals surface area contributed by atoms with E-state index in [4.69, 9.17) is 27.2 Å². The van der Waals surface area contributed by atoms with E-state index in [1.54, 1.807) is 4.57 Å². The average Bonchev–Trinajstić information content (AvgIpc) is 2.15. The third-order valence-corrected chi connectivity index (χ3v) is 3.63. The quantitative estimate of drug-likeness (QED) is 0.521. The Morgan fingerprint density at radius 3 is 2.19 bits per heavy atom. The number of aromatic nitrogens is 1. The van der Waals surface area contributed by atoms with Crippen LogP contribution in [0.4, 0.5) is 0 Å². The van der Waals surface area contributed by atoms with Crippen LogP contribution in [0.15, 0.2) is 24.4 Å². The predicted molar refractivity (Wildman–Crippen MR) is 67.6 cm³/mol. The first-order valence-electron chi connectivity index (χ1n) is 4.54. The van der Waals surface area contributed by atoms with Crippen molar-refractivity contribution in [2.45, 2.75) is 13.8 Å². The van der Waals surface area contributed by atoms with Crippen LogP contribution in [0.25, 0.3) is 5.44 Å². The SMILES string of the molecule is CO/C(O)=C(/[n+]1cc(C)cc(C)c1)P(Cl)Cl. The van der Waals surface area contributed by atoms with E-state index >= 15 is 0 Å². The number of ether oxygens (including phenoxy) is 1. The zero-order valence-electron chi connectivity index (χ0n) is 9.24. The zero-order valence-corrected chi connectivity index (χ0v) is 11.6. The fourth-order valence-electron chi connectivity index (χ4n) is 1.39. The van der Waals surface area contributed by atoms with Crippen molar-refractivity contribution in [2.75, 3.05) is 7.11 Å². The lowest BCUT2D eigenvalue weighted by Gasteiger charge is -2.05. The number of aryl methyl sites for hydroxylation is 2. The molecule has 0 aromatic carbocycles. The molecule has 1 N–H and O–H groups in total. The second-order valence-corrected chi connectivity index (χ2v) is 6.80. The Balaban J connectivity index is 3.33. The Morgan fingerprint density at radius 1 is 1.31 bits per heavy atom. The van der Waals surface area contributed by atoms with Crippen LogP contribution >= 0.6 is 29.1 Å². The number of nitrogens with zero attached hydrogens (tertiary/aromatic N) is 1. The van der Waals surface area contributed by atoms with E-state index in [2.05, 4.69) is 0 Å². The molecule has 0 saturated heterocycles. The Hall–Kier alpha value is -0.500. The summed E-state index contributed by atoms with van der Waals surface area (Å²) in [5.74, 6) is -0.258. The van der Waals surface area contributed by atoms with E-state index in [1.807, 2.05) is 32.3 Å². The number of pyridine rings is 1. The van der Waals surface area contributed by atoms with Crippen LogP contribution in [0.1, 0.15) is 11.1 Å². The maximum atomic E-state index is 9.61. The number of methoxy groups -OCH3 is 1. The van der Waals surface area contributed by atoms with E-state index < -0.39 is 6.63 Å². The molecule has 88 valence electrons. The van der Waals surface area contributed by atoms with Crippen LogP contribution in [0.2, 0.25) is 0 Å². The molecule has 0 aliphatic rings. The minimum atomic E-state index is -1.50. The smallest absolute Gasteiger partial charge is 0.355 e. The van der Waals surface area contributed by atoms with E-state index in [0.29, 0.717) is 5.44 Å². The normalized spacial score (nSPS) is 12.6. The molecule has 0 spiro atoms. The van der Waals surface area contributed by atoms with Crippen LogP contribution in [0.5, 0.6) is 0 Å². The van der Waals surface area contributed by atoms with Crippen LogP contribution < -0.4 is 4.57 Å². The summed E-state index contributed by atoms with van der Waals surface area (Å²) in [6.45, 7) is 2.41. The Bertz CT molecular complexity index is 401. The van der Waals surface area contributed by atoms with Crippen LogP contribution in [-0.4, -0.2) is 12.2 Å². The molecule has 0 fully saturated rings. The van der Waals surface area contributed by atoms with Gasteiger partial charge in [-0.05, 0) is 19.9 Å². The topological polar surface area (TPSA) is 33.3 Å². The van der Waals surface area contributed by atoms with Gasteiger partial charge < -0.3 is 9.84 Å². The lowest BCUT2D eigenvalue weighted by Crippen LogP contribution is -2.32. The lowest BCUT2D eigenvalue weighted by atomic mass is 10.2. The van der Waals surface area contributed by atoms with Crippen molar-refractivity contribution in [3.8, 4) is 0 Å². The van der Waals surface area contributed by atoms with Gasteiger partial charge in [0.2, 0.25) is 0 Å². The van der Waals surface area contributed by atoms with E-state index in [1.165, 1.54) is 7.11 Å². The van der Waals surface area contributed by atoms with Crippen LogP contribution in [-0.2, 0) is 4.74 Å². The van der Waals surface area contributed by atoms with Gasteiger partial charge in [-0.25, -0.2) is 0 Å². The summed E-state index contributed by atoms with van der Waals surface area (Å²) < 4.78 is 6.46. The van der Waals surface area contributed by atoms with Gasteiger partial charge in [0.25, 0.3) is 0 Å². The highest BCUT2D eigenvalue weighted by Crippen LogP contribution is 2.55. The molecule has 0 amide bonds. The molecule has 1 aromatic rings. The molecule has 0 aliphatic heterocycles. The van der Waals surface area contributed by atoms with E-state index in [-0.39, 0.29) is 5.95 Å². The van der Waals surface area contributed by atoms with Gasteiger partial charge in [-0.2, -0.15) is 4.57 Å². The molecule has 0 atom stereocenters. The number of halogens is 2. The van der Waals surface area contributed by atoms with Gasteiger partial charge in [0.05, 0.1) is 7.11 Å². The second-order valence-electron chi connectivity index (χ2n) is 3.36. The standard InChI is InChI=1S/C10H12Cl2NO2P/c1-7-4-8(2)6-13(5-7)9(16(11)12)10(14)15-3/h4-6H,1-3H3/p+1/b10-9-. The van der Waals surface area contributed by atoms with Crippen molar-refractivity contribution in [1.29, 1.82) is 0 Å². The van der Waals surface area contributed by atoms with Crippen molar-refractivity contribution in [3.63, 3.8) is 0 Å². The van der Waals surface area contributed by atoms with Crippen LogP contribution in [0.3, 0.4) is 0 Å². The second kappa shape index (κ2) is 5.72. The van der Waals surface area contributed by atoms with Gasteiger partial charge in [0, 0.05) is 11.1 Å². The number of hydrogen-bond donors (Lipinski definition) is 1. The summed E-state index contributed by atoms with van der Waals surface area (Å²) in [6.07, 6.45) is 3.66. The maximum absolute atomic E-state index is 9.61. The molecule has 0 aliphatic carbocycles. The highest BCUT2D eigenvalue weighted by Gasteiger charge is 2.26. The van der Waals surface area contributed by atoms with Gasteiger partial charge in [-0.15, -0.1) is 0 Å². The molecule has 0 bridgehead atoms. The van der Waals surface area contributed by atoms with Crippen molar-refractivity contribution in [3.05, 3.63) is 35.5 Å². The summed E-state index contributed by atoms with van der Waals surface area (Å²) in [5.41, 5.74) is 2.46. The molecule has 0 unspecified atom stereocenters. The number of aliphatic hydroxyl groups is 1. The summed E-state index contributed by atoms with van der Waals surface area (Å²) in [4.78, 5) is 0. The maximum Gasteiger partial charge on any atom is 0.355 e. The first kappa shape index (κ1) is 13.6. The fraction of sp³-hybridized carbons (Fsp3) is 0.300. The van der Waals surface area contributed by atoms with Crippen molar-refractivity contribution < 1.29 is 14.4 Å². The van der Waals surface area contributed by atoms with E-state index in [0.717, 1.165) is 11.1 Å².